The average Bonchev–Trinajstić information content (AvgIpc) is 2.29. The molecule has 0 unspecified atom stereocenters. The number of carboxylic acid groups (broad SMARTS) is 1. The Kier molecular flexibility index (Phi) is 18.4. The van der Waals surface area contributed by atoms with Gasteiger partial charge in [-0.25, -0.2) is 8.98 Å². The average molecular weight is 299 g/mol. The van der Waals surface area contributed by atoms with E-state index in [0.29, 0.717) is 12.0 Å². The molecular formula is C11H25NO6S. The number of carbonyl (C=O) groups is 1. The minimum absolute atomic E-state index is 0.0289. The van der Waals surface area contributed by atoms with Crippen LogP contribution < -0.4 is 5.32 Å². The van der Waals surface area contributed by atoms with Gasteiger partial charge in [-0.3, -0.25) is 4.55 Å². The van der Waals surface area contributed by atoms with Crippen LogP contribution in [0.15, 0.2) is 12.2 Å². The van der Waals surface area contributed by atoms with E-state index in [-0.39, 0.29) is 6.61 Å². The van der Waals surface area contributed by atoms with E-state index in [1.54, 1.807) is 0 Å². The third-order valence-electron chi connectivity index (χ3n) is 1.47. The Balaban J connectivity index is -0.000000214. The van der Waals surface area contributed by atoms with E-state index < -0.39 is 16.4 Å². The summed E-state index contributed by atoms with van der Waals surface area (Å²) in [4.78, 5) is 9.99. The van der Waals surface area contributed by atoms with Gasteiger partial charge in [-0.1, -0.05) is 26.8 Å². The normalized spacial score (nSPS) is 9.53. The van der Waals surface area contributed by atoms with Crippen molar-refractivity contribution in [3.8, 4) is 0 Å². The third kappa shape index (κ3) is 31.6. The van der Waals surface area contributed by atoms with Crippen LogP contribution >= 0.6 is 0 Å². The fourth-order valence-corrected chi connectivity index (χ4v) is 0.855. The smallest absolute Gasteiger partial charge is 0.397 e. The van der Waals surface area contributed by atoms with Crippen molar-refractivity contribution in [3.05, 3.63) is 12.2 Å². The van der Waals surface area contributed by atoms with Crippen LogP contribution in [0.2, 0.25) is 0 Å². The van der Waals surface area contributed by atoms with Gasteiger partial charge in [0, 0.05) is 5.57 Å². The summed E-state index contributed by atoms with van der Waals surface area (Å²) in [6.07, 6.45) is 1.44. The van der Waals surface area contributed by atoms with Gasteiger partial charge < -0.3 is 10.4 Å². The van der Waals surface area contributed by atoms with Gasteiger partial charge in [0.15, 0.2) is 0 Å². The highest BCUT2D eigenvalue weighted by Gasteiger charge is 1.99. The maximum absolute atomic E-state index is 9.99. The summed E-state index contributed by atoms with van der Waals surface area (Å²) in [7, 11) is -2.24. The molecule has 0 aromatic rings. The molecule has 0 radical (unpaired) electrons. The Hall–Kier alpha value is -0.960. The number of nitrogens with one attached hydrogen (secondary N) is 1. The van der Waals surface area contributed by atoms with E-state index in [1.807, 2.05) is 14.0 Å². The van der Waals surface area contributed by atoms with Crippen molar-refractivity contribution in [2.24, 2.45) is 0 Å². The fourth-order valence-electron chi connectivity index (χ4n) is 0.558. The highest BCUT2D eigenvalue weighted by molar-refractivity contribution is 7.80. The summed E-state index contributed by atoms with van der Waals surface area (Å²) >= 11 is 0. The standard InChI is InChI=1S/C6H10O2.C3H9N.C2H6O4S/c1-3-4-5(2)6(7)8;1-3-4-2;1-2-6-7(3,4)5/h2-4H2,1H3,(H,7,8);4H,3H2,1-2H3;2H2,1H3,(H,3,4,5). The zero-order valence-corrected chi connectivity index (χ0v) is 12.8. The van der Waals surface area contributed by atoms with Crippen molar-refractivity contribution in [1.29, 1.82) is 0 Å². The molecule has 7 nitrogen and oxygen atoms in total. The summed E-state index contributed by atoms with van der Waals surface area (Å²) in [5.74, 6) is -0.883. The molecule has 0 aromatic carbocycles. The molecule has 3 N–H and O–H groups in total. The Bertz CT molecular complexity index is 324. The molecule has 0 heterocycles. The third-order valence-corrected chi connectivity index (χ3v) is 2.01. The van der Waals surface area contributed by atoms with Crippen LogP contribution in [0.1, 0.15) is 33.6 Å². The van der Waals surface area contributed by atoms with Gasteiger partial charge in [-0.15, -0.1) is 0 Å². The van der Waals surface area contributed by atoms with E-state index in [1.165, 1.54) is 6.92 Å². The molecule has 0 aliphatic rings. The molecule has 19 heavy (non-hydrogen) atoms. The molecule has 0 amide bonds. The lowest BCUT2D eigenvalue weighted by molar-refractivity contribution is -0.132. The quantitative estimate of drug-likeness (QED) is 0.503. The highest BCUT2D eigenvalue weighted by Crippen LogP contribution is 1.99. The van der Waals surface area contributed by atoms with E-state index >= 15 is 0 Å². The monoisotopic (exact) mass is 299 g/mol. The minimum atomic E-state index is -4.17. The van der Waals surface area contributed by atoms with Gasteiger partial charge in [0.25, 0.3) is 0 Å². The van der Waals surface area contributed by atoms with Crippen LogP contribution in [0.5, 0.6) is 0 Å². The molecule has 0 atom stereocenters. The van der Waals surface area contributed by atoms with E-state index in [4.69, 9.17) is 9.66 Å². The van der Waals surface area contributed by atoms with E-state index in [2.05, 4.69) is 23.0 Å². The minimum Gasteiger partial charge on any atom is -0.478 e. The highest BCUT2D eigenvalue weighted by atomic mass is 32.3. The Morgan fingerprint density at radius 1 is 1.32 bits per heavy atom. The van der Waals surface area contributed by atoms with Gasteiger partial charge in [0.1, 0.15) is 0 Å². The molecule has 0 aliphatic carbocycles. The van der Waals surface area contributed by atoms with Crippen molar-refractivity contribution in [3.63, 3.8) is 0 Å². The molecule has 0 bridgehead atoms. The lowest BCUT2D eigenvalue weighted by atomic mass is 10.2. The zero-order chi connectivity index (χ0) is 15.9. The second kappa shape index (κ2) is 15.1. The molecule has 0 aromatic heterocycles. The van der Waals surface area contributed by atoms with Crippen LogP contribution in [-0.2, 0) is 19.4 Å². The van der Waals surface area contributed by atoms with Gasteiger partial charge >= 0.3 is 16.4 Å². The lowest BCUT2D eigenvalue weighted by Crippen LogP contribution is -2.01. The second-order valence-corrected chi connectivity index (χ2v) is 4.29. The van der Waals surface area contributed by atoms with Crippen molar-refractivity contribution in [1.82, 2.24) is 5.32 Å². The zero-order valence-electron chi connectivity index (χ0n) is 12.0. The van der Waals surface area contributed by atoms with Gasteiger partial charge in [-0.05, 0) is 26.9 Å². The summed E-state index contributed by atoms with van der Waals surface area (Å²) in [6, 6.07) is 0. The van der Waals surface area contributed by atoms with Crippen LogP contribution in [0.25, 0.3) is 0 Å². The molecule has 0 aliphatic heterocycles. The predicted molar refractivity (Wildman–Crippen MR) is 74.5 cm³/mol. The molecule has 116 valence electrons. The van der Waals surface area contributed by atoms with Crippen molar-refractivity contribution >= 4 is 16.4 Å². The molecule has 0 fully saturated rings. The van der Waals surface area contributed by atoms with Gasteiger partial charge in [-0.2, -0.15) is 8.42 Å². The molecule has 0 rings (SSSR count). The first kappa shape index (κ1) is 23.2. The van der Waals surface area contributed by atoms with Crippen molar-refractivity contribution < 1.29 is 27.1 Å². The van der Waals surface area contributed by atoms with Gasteiger partial charge in [0.2, 0.25) is 0 Å². The molecule has 8 heteroatoms. The fraction of sp³-hybridized carbons (Fsp3) is 0.727. The topological polar surface area (TPSA) is 113 Å². The number of rotatable bonds is 6. The Morgan fingerprint density at radius 3 is 1.79 bits per heavy atom. The lowest BCUT2D eigenvalue weighted by Gasteiger charge is -1.92. The van der Waals surface area contributed by atoms with E-state index in [9.17, 15) is 13.2 Å². The summed E-state index contributed by atoms with van der Waals surface area (Å²) in [6.45, 7) is 9.85. The maximum Gasteiger partial charge on any atom is 0.397 e. The summed E-state index contributed by atoms with van der Waals surface area (Å²) < 4.78 is 30.7. The van der Waals surface area contributed by atoms with Gasteiger partial charge in [0.05, 0.1) is 6.61 Å². The SMILES string of the molecule is C=C(CCC)C(=O)O.CCNC.CCOS(=O)(=O)O. The first-order valence-electron chi connectivity index (χ1n) is 5.83. The molecule has 0 saturated heterocycles. The number of carboxylic acids is 1. The van der Waals surface area contributed by atoms with Crippen LogP contribution in [0, 0.1) is 0 Å². The van der Waals surface area contributed by atoms with Crippen LogP contribution in [0.3, 0.4) is 0 Å². The second-order valence-electron chi connectivity index (χ2n) is 3.20. The molecule has 0 saturated carbocycles. The van der Waals surface area contributed by atoms with Crippen molar-refractivity contribution in [2.75, 3.05) is 20.2 Å². The Labute approximate surface area is 115 Å². The predicted octanol–water partition coefficient (Wildman–Crippen LogP) is 1.48. The molecule has 0 spiro atoms. The number of aliphatic carboxylic acids is 1. The Morgan fingerprint density at radius 2 is 1.74 bits per heavy atom. The van der Waals surface area contributed by atoms with Crippen LogP contribution in [-0.4, -0.2) is 44.2 Å². The van der Waals surface area contributed by atoms with Crippen molar-refractivity contribution in [2.45, 2.75) is 33.6 Å². The summed E-state index contributed by atoms with van der Waals surface area (Å²) in [5, 5.41) is 11.1. The number of hydrogen-bond donors (Lipinski definition) is 3. The summed E-state index contributed by atoms with van der Waals surface area (Å²) in [5.41, 5.74) is 0.299. The maximum atomic E-state index is 9.99. The number of hydrogen-bond acceptors (Lipinski definition) is 5. The first-order valence-corrected chi connectivity index (χ1v) is 7.20. The first-order chi connectivity index (χ1) is 8.66. The molecular weight excluding hydrogens is 274 g/mol. The van der Waals surface area contributed by atoms with E-state index in [0.717, 1.165) is 13.0 Å². The van der Waals surface area contributed by atoms with Crippen LogP contribution in [0.4, 0.5) is 0 Å². The largest absolute Gasteiger partial charge is 0.478 e.